The Morgan fingerprint density at radius 2 is 2.19 bits per heavy atom. The molecule has 0 spiro atoms. The smallest absolute Gasteiger partial charge is 0.128 e. The van der Waals surface area contributed by atoms with E-state index in [1.54, 1.807) is 36.2 Å². The highest BCUT2D eigenvalue weighted by atomic mass is 35.5. The van der Waals surface area contributed by atoms with Crippen LogP contribution in [0.5, 0.6) is 5.75 Å². The lowest BCUT2D eigenvalue weighted by Crippen LogP contribution is -1.92. The Kier molecular flexibility index (Phi) is 2.75. The summed E-state index contributed by atoms with van der Waals surface area (Å²) in [7, 11) is 3.42. The zero-order valence-corrected chi connectivity index (χ0v) is 9.82. The van der Waals surface area contributed by atoms with Gasteiger partial charge in [-0.25, -0.2) is 0 Å². The topological polar surface area (TPSA) is 53.1 Å². The van der Waals surface area contributed by atoms with Gasteiger partial charge in [0.05, 0.1) is 12.8 Å². The van der Waals surface area contributed by atoms with Gasteiger partial charge < -0.3 is 10.5 Å². The molecule has 2 N–H and O–H groups in total. The molecule has 0 aliphatic rings. The molecule has 1 aromatic heterocycles. The number of rotatable bonds is 2. The van der Waals surface area contributed by atoms with E-state index in [-0.39, 0.29) is 0 Å². The summed E-state index contributed by atoms with van der Waals surface area (Å²) in [5.41, 5.74) is 7.95. The van der Waals surface area contributed by atoms with Gasteiger partial charge in [-0.1, -0.05) is 11.6 Å². The summed E-state index contributed by atoms with van der Waals surface area (Å²) in [6.45, 7) is 0. The van der Waals surface area contributed by atoms with Crippen LogP contribution in [-0.4, -0.2) is 16.9 Å². The number of nitrogens with zero attached hydrogens (tertiary/aromatic N) is 2. The Morgan fingerprint density at radius 1 is 1.44 bits per heavy atom. The van der Waals surface area contributed by atoms with E-state index >= 15 is 0 Å². The van der Waals surface area contributed by atoms with Crippen LogP contribution in [0.3, 0.4) is 0 Å². The van der Waals surface area contributed by atoms with E-state index in [1.165, 1.54) is 0 Å². The van der Waals surface area contributed by atoms with Gasteiger partial charge in [0.15, 0.2) is 0 Å². The highest BCUT2D eigenvalue weighted by Crippen LogP contribution is 2.34. The minimum Gasteiger partial charge on any atom is -0.496 e. The first-order chi connectivity index (χ1) is 7.61. The molecule has 5 heteroatoms. The van der Waals surface area contributed by atoms with Gasteiger partial charge in [0.2, 0.25) is 0 Å². The predicted octanol–water partition coefficient (Wildman–Crippen LogP) is 2.33. The predicted molar refractivity (Wildman–Crippen MR) is 64.6 cm³/mol. The third kappa shape index (κ3) is 1.84. The Bertz CT molecular complexity index is 522. The van der Waals surface area contributed by atoms with Crippen molar-refractivity contribution in [1.82, 2.24) is 9.78 Å². The molecule has 4 nitrogen and oxygen atoms in total. The Balaban J connectivity index is 2.62. The molecular formula is C11H12ClN3O. The van der Waals surface area contributed by atoms with Crippen LogP contribution >= 0.6 is 11.6 Å². The Hall–Kier alpha value is -1.68. The molecule has 0 radical (unpaired) electrons. The Morgan fingerprint density at radius 3 is 2.75 bits per heavy atom. The van der Waals surface area contributed by atoms with Crippen LogP contribution in [0.4, 0.5) is 5.69 Å². The maximum Gasteiger partial charge on any atom is 0.128 e. The van der Waals surface area contributed by atoms with Gasteiger partial charge in [0.25, 0.3) is 0 Å². The fraction of sp³-hybridized carbons (Fsp3) is 0.182. The molecule has 2 rings (SSSR count). The number of halogens is 1. The van der Waals surface area contributed by atoms with Gasteiger partial charge in [-0.2, -0.15) is 5.10 Å². The minimum atomic E-state index is 0.600. The van der Waals surface area contributed by atoms with Crippen molar-refractivity contribution in [2.24, 2.45) is 7.05 Å². The molecule has 0 aliphatic heterocycles. The largest absolute Gasteiger partial charge is 0.496 e. The number of hydrogen-bond acceptors (Lipinski definition) is 3. The van der Waals surface area contributed by atoms with Gasteiger partial charge >= 0.3 is 0 Å². The normalized spacial score (nSPS) is 10.4. The van der Waals surface area contributed by atoms with Crippen molar-refractivity contribution in [3.8, 4) is 17.0 Å². The number of hydrogen-bond donors (Lipinski definition) is 1. The first-order valence-electron chi connectivity index (χ1n) is 4.75. The second-order valence-electron chi connectivity index (χ2n) is 3.45. The van der Waals surface area contributed by atoms with Crippen LogP contribution in [0.1, 0.15) is 0 Å². The van der Waals surface area contributed by atoms with Crippen molar-refractivity contribution in [1.29, 1.82) is 0 Å². The molecular weight excluding hydrogens is 226 g/mol. The number of ether oxygens (including phenoxy) is 1. The molecule has 1 heterocycles. The highest BCUT2D eigenvalue weighted by molar-refractivity contribution is 6.31. The van der Waals surface area contributed by atoms with Crippen LogP contribution < -0.4 is 10.5 Å². The molecule has 0 bridgehead atoms. The van der Waals surface area contributed by atoms with Gasteiger partial charge in [-0.05, 0) is 18.2 Å². The SMILES string of the molecule is COc1ccc(Cl)cc1-c1nn(C)cc1N. The van der Waals surface area contributed by atoms with E-state index < -0.39 is 0 Å². The molecule has 1 aromatic carbocycles. The lowest BCUT2D eigenvalue weighted by Gasteiger charge is -2.07. The maximum atomic E-state index is 5.95. The van der Waals surface area contributed by atoms with Crippen molar-refractivity contribution in [3.63, 3.8) is 0 Å². The zero-order valence-electron chi connectivity index (χ0n) is 9.07. The van der Waals surface area contributed by atoms with E-state index in [0.29, 0.717) is 22.2 Å². The third-order valence-corrected chi connectivity index (χ3v) is 2.51. The molecule has 84 valence electrons. The summed E-state index contributed by atoms with van der Waals surface area (Å²) < 4.78 is 6.91. The summed E-state index contributed by atoms with van der Waals surface area (Å²) >= 11 is 5.95. The van der Waals surface area contributed by atoms with Crippen LogP contribution in [0.2, 0.25) is 5.02 Å². The van der Waals surface area contributed by atoms with Crippen molar-refractivity contribution in [2.75, 3.05) is 12.8 Å². The summed E-state index contributed by atoms with van der Waals surface area (Å²) in [5.74, 6) is 0.704. The van der Waals surface area contributed by atoms with E-state index in [4.69, 9.17) is 22.1 Å². The van der Waals surface area contributed by atoms with Crippen molar-refractivity contribution < 1.29 is 4.74 Å². The van der Waals surface area contributed by atoms with E-state index in [0.717, 1.165) is 5.56 Å². The Labute approximate surface area is 98.6 Å². The van der Waals surface area contributed by atoms with E-state index in [2.05, 4.69) is 5.10 Å². The summed E-state index contributed by atoms with van der Waals surface area (Å²) in [6.07, 6.45) is 1.75. The summed E-state index contributed by atoms with van der Waals surface area (Å²) in [6, 6.07) is 5.36. The average Bonchev–Trinajstić information content (AvgIpc) is 2.57. The molecule has 16 heavy (non-hydrogen) atoms. The van der Waals surface area contributed by atoms with Crippen LogP contribution in [0, 0.1) is 0 Å². The summed E-state index contributed by atoms with van der Waals surface area (Å²) in [5, 5.41) is 4.91. The monoisotopic (exact) mass is 237 g/mol. The second kappa shape index (κ2) is 4.06. The lowest BCUT2D eigenvalue weighted by molar-refractivity contribution is 0.416. The molecule has 0 unspecified atom stereocenters. The van der Waals surface area contributed by atoms with Crippen LogP contribution in [-0.2, 0) is 7.05 Å². The zero-order chi connectivity index (χ0) is 11.7. The summed E-state index contributed by atoms with van der Waals surface area (Å²) in [4.78, 5) is 0. The fourth-order valence-corrected chi connectivity index (χ4v) is 1.75. The first kappa shape index (κ1) is 10.8. The van der Waals surface area contributed by atoms with Gasteiger partial charge in [-0.15, -0.1) is 0 Å². The molecule has 0 atom stereocenters. The van der Waals surface area contributed by atoms with Crippen molar-refractivity contribution >= 4 is 17.3 Å². The maximum absolute atomic E-state index is 5.95. The number of aryl methyl sites for hydroxylation is 1. The number of methoxy groups -OCH3 is 1. The number of nitrogens with two attached hydrogens (primary N) is 1. The first-order valence-corrected chi connectivity index (χ1v) is 5.12. The van der Waals surface area contributed by atoms with Gasteiger partial charge in [-0.3, -0.25) is 4.68 Å². The van der Waals surface area contributed by atoms with Crippen molar-refractivity contribution in [3.05, 3.63) is 29.4 Å². The van der Waals surface area contributed by atoms with Gasteiger partial charge in [0.1, 0.15) is 11.4 Å². The molecule has 2 aromatic rings. The van der Waals surface area contributed by atoms with Crippen molar-refractivity contribution in [2.45, 2.75) is 0 Å². The standard InChI is InChI=1S/C11H12ClN3O/c1-15-6-9(13)11(14-15)8-5-7(12)3-4-10(8)16-2/h3-6H,13H2,1-2H3. The van der Waals surface area contributed by atoms with Gasteiger partial charge in [0, 0.05) is 23.8 Å². The minimum absolute atomic E-state index is 0.600. The molecule has 0 saturated heterocycles. The van der Waals surface area contributed by atoms with Crippen LogP contribution in [0.15, 0.2) is 24.4 Å². The molecule has 0 aliphatic carbocycles. The number of anilines is 1. The molecule has 0 fully saturated rings. The highest BCUT2D eigenvalue weighted by Gasteiger charge is 2.13. The molecule has 0 saturated carbocycles. The second-order valence-corrected chi connectivity index (χ2v) is 3.89. The molecule has 0 amide bonds. The fourth-order valence-electron chi connectivity index (χ4n) is 1.58. The van der Waals surface area contributed by atoms with Crippen LogP contribution in [0.25, 0.3) is 11.3 Å². The van der Waals surface area contributed by atoms with E-state index in [9.17, 15) is 0 Å². The average molecular weight is 238 g/mol. The number of aromatic nitrogens is 2. The quantitative estimate of drug-likeness (QED) is 0.872. The van der Waals surface area contributed by atoms with E-state index in [1.807, 2.05) is 7.05 Å². The lowest BCUT2D eigenvalue weighted by atomic mass is 10.1. The number of nitrogen functional groups attached to an aromatic ring is 1. The number of benzene rings is 1. The third-order valence-electron chi connectivity index (χ3n) is 2.27.